The number of hydrogen-bond acceptors (Lipinski definition) is 2. The van der Waals surface area contributed by atoms with Crippen molar-refractivity contribution in [2.75, 3.05) is 13.2 Å². The number of benzene rings is 1. The monoisotopic (exact) mass is 169 g/mol. The fraction of sp³-hybridized carbons (Fsp3) is 0.333. The summed E-state index contributed by atoms with van der Waals surface area (Å²) in [5.74, 6) is -0.0219. The van der Waals surface area contributed by atoms with Gasteiger partial charge in [-0.05, 0) is 18.6 Å². The number of aryl methyl sites for hydroxylation is 1. The normalized spacial score (nSPS) is 9.92. The van der Waals surface area contributed by atoms with E-state index in [0.717, 1.165) is 5.56 Å². The Kier molecular flexibility index (Phi) is 3.05. The summed E-state index contributed by atoms with van der Waals surface area (Å²) >= 11 is 0. The maximum Gasteiger partial charge on any atom is 0.165 e. The van der Waals surface area contributed by atoms with Crippen molar-refractivity contribution in [3.05, 3.63) is 29.6 Å². The van der Waals surface area contributed by atoms with Crippen molar-refractivity contribution in [3.63, 3.8) is 0 Å². The topological polar surface area (TPSA) is 35.2 Å². The lowest BCUT2D eigenvalue weighted by atomic mass is 10.2. The maximum atomic E-state index is 13.0. The SMILES string of the molecule is Cc1cccc(F)c1OCCN. The van der Waals surface area contributed by atoms with E-state index in [1.165, 1.54) is 6.07 Å². The van der Waals surface area contributed by atoms with Crippen LogP contribution in [0.3, 0.4) is 0 Å². The van der Waals surface area contributed by atoms with Gasteiger partial charge in [-0.2, -0.15) is 0 Å². The molecule has 3 heteroatoms. The summed E-state index contributed by atoms with van der Waals surface area (Å²) in [6, 6.07) is 4.83. The fourth-order valence-corrected chi connectivity index (χ4v) is 0.960. The van der Waals surface area contributed by atoms with Gasteiger partial charge in [0.2, 0.25) is 0 Å². The number of rotatable bonds is 3. The molecule has 0 unspecified atom stereocenters. The maximum absolute atomic E-state index is 13.0. The van der Waals surface area contributed by atoms with Crippen LogP contribution in [0.1, 0.15) is 5.56 Å². The van der Waals surface area contributed by atoms with E-state index in [4.69, 9.17) is 10.5 Å². The van der Waals surface area contributed by atoms with Gasteiger partial charge in [-0.15, -0.1) is 0 Å². The second-order valence-corrected chi connectivity index (χ2v) is 2.52. The van der Waals surface area contributed by atoms with Gasteiger partial charge >= 0.3 is 0 Å². The van der Waals surface area contributed by atoms with Crippen molar-refractivity contribution in [1.29, 1.82) is 0 Å². The van der Waals surface area contributed by atoms with Crippen LogP contribution in [-0.2, 0) is 0 Å². The zero-order valence-electron chi connectivity index (χ0n) is 7.01. The van der Waals surface area contributed by atoms with Gasteiger partial charge in [-0.3, -0.25) is 0 Å². The number of nitrogens with two attached hydrogens (primary N) is 1. The summed E-state index contributed by atoms with van der Waals surface area (Å²) in [7, 11) is 0. The Hall–Kier alpha value is -1.09. The summed E-state index contributed by atoms with van der Waals surface area (Å²) in [5.41, 5.74) is 6.02. The second kappa shape index (κ2) is 4.07. The predicted octanol–water partition coefficient (Wildman–Crippen LogP) is 1.47. The van der Waals surface area contributed by atoms with Crippen molar-refractivity contribution in [2.24, 2.45) is 5.73 Å². The van der Waals surface area contributed by atoms with E-state index in [-0.39, 0.29) is 5.82 Å². The third-order valence-electron chi connectivity index (χ3n) is 1.53. The van der Waals surface area contributed by atoms with Gasteiger partial charge < -0.3 is 10.5 Å². The van der Waals surface area contributed by atoms with E-state index >= 15 is 0 Å². The summed E-state index contributed by atoms with van der Waals surface area (Å²) in [6.45, 7) is 2.55. The van der Waals surface area contributed by atoms with Crippen molar-refractivity contribution >= 4 is 0 Å². The smallest absolute Gasteiger partial charge is 0.165 e. The van der Waals surface area contributed by atoms with E-state index < -0.39 is 0 Å². The molecule has 0 aliphatic rings. The predicted molar refractivity (Wildman–Crippen MR) is 45.7 cm³/mol. The van der Waals surface area contributed by atoms with Crippen LogP contribution in [-0.4, -0.2) is 13.2 Å². The Morgan fingerprint density at radius 2 is 2.25 bits per heavy atom. The molecule has 0 fully saturated rings. The molecule has 0 bridgehead atoms. The Morgan fingerprint density at radius 3 is 2.83 bits per heavy atom. The minimum Gasteiger partial charge on any atom is -0.489 e. The molecule has 0 aromatic heterocycles. The third-order valence-corrected chi connectivity index (χ3v) is 1.53. The molecule has 0 heterocycles. The van der Waals surface area contributed by atoms with Crippen LogP contribution in [0.25, 0.3) is 0 Å². The average molecular weight is 169 g/mol. The fourth-order valence-electron chi connectivity index (χ4n) is 0.960. The largest absolute Gasteiger partial charge is 0.489 e. The first-order valence-corrected chi connectivity index (χ1v) is 3.83. The Bertz CT molecular complexity index is 242. The van der Waals surface area contributed by atoms with Crippen LogP contribution in [0.15, 0.2) is 18.2 Å². The number of ether oxygens (including phenoxy) is 1. The molecule has 1 rings (SSSR count). The first kappa shape index (κ1) is 9.00. The van der Waals surface area contributed by atoms with Gasteiger partial charge in [0.25, 0.3) is 0 Å². The quantitative estimate of drug-likeness (QED) is 0.743. The molecule has 0 saturated carbocycles. The summed E-state index contributed by atoms with van der Waals surface area (Å²) in [6.07, 6.45) is 0. The van der Waals surface area contributed by atoms with Crippen molar-refractivity contribution in [2.45, 2.75) is 6.92 Å². The van der Waals surface area contributed by atoms with E-state index in [9.17, 15) is 4.39 Å². The highest BCUT2D eigenvalue weighted by Gasteiger charge is 2.04. The van der Waals surface area contributed by atoms with Crippen LogP contribution >= 0.6 is 0 Å². The molecule has 0 saturated heterocycles. The minimum absolute atomic E-state index is 0.308. The minimum atomic E-state index is -0.330. The van der Waals surface area contributed by atoms with Crippen LogP contribution in [0, 0.1) is 12.7 Å². The number of para-hydroxylation sites is 1. The van der Waals surface area contributed by atoms with E-state index in [2.05, 4.69) is 0 Å². The molecule has 0 aliphatic heterocycles. The van der Waals surface area contributed by atoms with E-state index in [0.29, 0.717) is 18.9 Å². The molecular formula is C9H12FNO. The first-order chi connectivity index (χ1) is 5.75. The average Bonchev–Trinajstić information content (AvgIpc) is 2.04. The summed E-state index contributed by atoms with van der Waals surface area (Å²) < 4.78 is 18.1. The van der Waals surface area contributed by atoms with Crippen molar-refractivity contribution in [1.82, 2.24) is 0 Å². The molecule has 0 radical (unpaired) electrons. The van der Waals surface area contributed by atoms with Gasteiger partial charge in [-0.1, -0.05) is 12.1 Å². The Morgan fingerprint density at radius 1 is 1.50 bits per heavy atom. The second-order valence-electron chi connectivity index (χ2n) is 2.52. The summed E-state index contributed by atoms with van der Waals surface area (Å²) in [4.78, 5) is 0. The van der Waals surface area contributed by atoms with Gasteiger partial charge in [0, 0.05) is 6.54 Å². The molecule has 0 atom stereocenters. The highest BCUT2D eigenvalue weighted by Crippen LogP contribution is 2.20. The molecule has 1 aromatic rings. The van der Waals surface area contributed by atoms with Crippen LogP contribution in [0.5, 0.6) is 5.75 Å². The Labute approximate surface area is 71.1 Å². The molecule has 2 nitrogen and oxygen atoms in total. The van der Waals surface area contributed by atoms with Crippen molar-refractivity contribution in [3.8, 4) is 5.75 Å². The van der Waals surface area contributed by atoms with Crippen LogP contribution in [0.2, 0.25) is 0 Å². The number of halogens is 1. The van der Waals surface area contributed by atoms with E-state index in [1.807, 2.05) is 0 Å². The van der Waals surface area contributed by atoms with Gasteiger partial charge in [0.1, 0.15) is 6.61 Å². The lowest BCUT2D eigenvalue weighted by Gasteiger charge is -2.07. The molecule has 0 spiro atoms. The van der Waals surface area contributed by atoms with Crippen LogP contribution < -0.4 is 10.5 Å². The zero-order chi connectivity index (χ0) is 8.97. The van der Waals surface area contributed by atoms with Gasteiger partial charge in [0.05, 0.1) is 0 Å². The van der Waals surface area contributed by atoms with E-state index in [1.54, 1.807) is 19.1 Å². The van der Waals surface area contributed by atoms with Gasteiger partial charge in [0.15, 0.2) is 11.6 Å². The summed E-state index contributed by atoms with van der Waals surface area (Å²) in [5, 5.41) is 0. The molecule has 12 heavy (non-hydrogen) atoms. The molecule has 2 N–H and O–H groups in total. The molecule has 1 aromatic carbocycles. The molecule has 0 aliphatic carbocycles. The first-order valence-electron chi connectivity index (χ1n) is 3.83. The van der Waals surface area contributed by atoms with Crippen LogP contribution in [0.4, 0.5) is 4.39 Å². The lowest BCUT2D eigenvalue weighted by Crippen LogP contribution is -2.11. The highest BCUT2D eigenvalue weighted by molar-refractivity contribution is 5.33. The molecule has 0 amide bonds. The Balaban J connectivity index is 2.81. The highest BCUT2D eigenvalue weighted by atomic mass is 19.1. The van der Waals surface area contributed by atoms with Crippen molar-refractivity contribution < 1.29 is 9.13 Å². The van der Waals surface area contributed by atoms with Gasteiger partial charge in [-0.25, -0.2) is 4.39 Å². The zero-order valence-corrected chi connectivity index (χ0v) is 7.01. The standard InChI is InChI=1S/C9H12FNO/c1-7-3-2-4-8(10)9(7)12-6-5-11/h2-4H,5-6,11H2,1H3. The number of hydrogen-bond donors (Lipinski definition) is 1. The lowest BCUT2D eigenvalue weighted by molar-refractivity contribution is 0.309. The third kappa shape index (κ3) is 1.95. The molecular weight excluding hydrogens is 157 g/mol. The molecule has 66 valence electrons.